The van der Waals surface area contributed by atoms with E-state index in [-0.39, 0.29) is 11.3 Å². The minimum Gasteiger partial charge on any atom is -0.425 e. The third-order valence-corrected chi connectivity index (χ3v) is 7.69. The third-order valence-electron chi connectivity index (χ3n) is 7.69. The fraction of sp³-hybridized carbons (Fsp3) is 0.471. The van der Waals surface area contributed by atoms with Gasteiger partial charge < -0.3 is 4.74 Å². The van der Waals surface area contributed by atoms with E-state index in [0.717, 1.165) is 37.7 Å². The Kier molecular flexibility index (Phi) is 9.93. The molecule has 0 amide bonds. The lowest BCUT2D eigenvalue weighted by molar-refractivity contribution is -0.188. The summed E-state index contributed by atoms with van der Waals surface area (Å²) in [5, 5.41) is 0. The van der Waals surface area contributed by atoms with Crippen LogP contribution in [0.25, 0.3) is 22.3 Å². The Morgan fingerprint density at radius 3 is 1.92 bits per heavy atom. The number of alkyl halides is 2. The van der Waals surface area contributed by atoms with Gasteiger partial charge in [-0.25, -0.2) is 4.39 Å². The zero-order valence-electron chi connectivity index (χ0n) is 22.9. The highest BCUT2D eigenvalue weighted by molar-refractivity contribution is 5.80. The molecule has 0 N–H and O–H groups in total. The highest BCUT2D eigenvalue weighted by Crippen LogP contribution is 2.49. The lowest BCUT2D eigenvalue weighted by atomic mass is 9.90. The second-order valence-corrected chi connectivity index (χ2v) is 10.7. The van der Waals surface area contributed by atoms with E-state index in [0.29, 0.717) is 28.7 Å². The molecule has 0 unspecified atom stereocenters. The fourth-order valence-corrected chi connectivity index (χ4v) is 5.38. The minimum atomic E-state index is -3.60. The number of halogens is 3. The number of hydrogen-bond donors (Lipinski definition) is 0. The zero-order valence-corrected chi connectivity index (χ0v) is 22.9. The summed E-state index contributed by atoms with van der Waals surface area (Å²) in [6, 6.07) is 16.6. The van der Waals surface area contributed by atoms with Crippen LogP contribution < -0.4 is 4.74 Å². The molecule has 1 aliphatic rings. The van der Waals surface area contributed by atoms with E-state index in [1.54, 1.807) is 18.2 Å². The van der Waals surface area contributed by atoms with E-state index in [2.05, 4.69) is 26.0 Å². The highest BCUT2D eigenvalue weighted by Gasteiger charge is 2.43. The van der Waals surface area contributed by atoms with Gasteiger partial charge in [0.25, 0.3) is 0 Å². The van der Waals surface area contributed by atoms with Crippen LogP contribution in [0.2, 0.25) is 0 Å². The van der Waals surface area contributed by atoms with Gasteiger partial charge in [-0.2, -0.15) is 8.78 Å². The van der Waals surface area contributed by atoms with Crippen LogP contribution >= 0.6 is 0 Å². The lowest BCUT2D eigenvalue weighted by Gasteiger charge is -2.29. The van der Waals surface area contributed by atoms with Crippen LogP contribution in [0.4, 0.5) is 13.2 Å². The maximum atomic E-state index is 15.2. The van der Waals surface area contributed by atoms with Crippen LogP contribution in [0, 0.1) is 5.82 Å². The van der Waals surface area contributed by atoms with Crippen molar-refractivity contribution in [3.8, 4) is 28.0 Å². The van der Waals surface area contributed by atoms with E-state index in [4.69, 9.17) is 4.74 Å². The van der Waals surface area contributed by atoms with Crippen molar-refractivity contribution in [1.82, 2.24) is 0 Å². The van der Waals surface area contributed by atoms with Crippen LogP contribution in [-0.4, -0.2) is 0 Å². The van der Waals surface area contributed by atoms with Crippen LogP contribution in [0.1, 0.15) is 101 Å². The number of fused-ring (bicyclic) bond motifs is 3. The highest BCUT2D eigenvalue weighted by atomic mass is 19.3. The first-order valence-corrected chi connectivity index (χ1v) is 14.6. The van der Waals surface area contributed by atoms with Gasteiger partial charge in [0.1, 0.15) is 0 Å². The Balaban J connectivity index is 1.46. The van der Waals surface area contributed by atoms with E-state index in [1.165, 1.54) is 56.6 Å². The molecule has 4 rings (SSSR count). The average molecular weight is 523 g/mol. The maximum Gasteiger partial charge on any atom is 0.427 e. The SMILES string of the molecule is CCCCCCCCCc1ccc(-c2ccc3c(c2)C(F)(F)Oc2c-3ccc(CCCCCC)c2F)cc1. The van der Waals surface area contributed by atoms with Crippen LogP contribution in [-0.2, 0) is 19.0 Å². The Morgan fingerprint density at radius 2 is 1.21 bits per heavy atom. The molecule has 1 aliphatic heterocycles. The quantitative estimate of drug-likeness (QED) is 0.191. The van der Waals surface area contributed by atoms with E-state index in [1.807, 2.05) is 18.2 Å². The molecule has 0 aliphatic carbocycles. The molecule has 0 radical (unpaired) electrons. The Morgan fingerprint density at radius 1 is 0.632 bits per heavy atom. The molecule has 1 nitrogen and oxygen atoms in total. The van der Waals surface area contributed by atoms with Crippen molar-refractivity contribution < 1.29 is 17.9 Å². The zero-order chi connectivity index (χ0) is 27.0. The fourth-order valence-electron chi connectivity index (χ4n) is 5.38. The molecule has 0 aromatic heterocycles. The second kappa shape index (κ2) is 13.4. The van der Waals surface area contributed by atoms with Crippen molar-refractivity contribution in [3.05, 3.63) is 77.1 Å². The van der Waals surface area contributed by atoms with Crippen molar-refractivity contribution in [2.24, 2.45) is 0 Å². The van der Waals surface area contributed by atoms with Crippen LogP contribution in [0.15, 0.2) is 54.6 Å². The normalized spacial score (nSPS) is 13.6. The molecule has 0 bridgehead atoms. The number of aryl methyl sites for hydroxylation is 2. The van der Waals surface area contributed by atoms with Gasteiger partial charge in [0.05, 0.1) is 5.56 Å². The lowest BCUT2D eigenvalue weighted by Crippen LogP contribution is -2.27. The van der Waals surface area contributed by atoms with Crippen molar-refractivity contribution in [3.63, 3.8) is 0 Å². The Bertz CT molecular complexity index is 1180. The number of hydrogen-bond acceptors (Lipinski definition) is 1. The van der Waals surface area contributed by atoms with Gasteiger partial charge in [-0.15, -0.1) is 0 Å². The minimum absolute atomic E-state index is 0.218. The number of unbranched alkanes of at least 4 members (excludes halogenated alkanes) is 9. The van der Waals surface area contributed by atoms with Crippen molar-refractivity contribution >= 4 is 0 Å². The maximum absolute atomic E-state index is 15.2. The topological polar surface area (TPSA) is 9.23 Å². The van der Waals surface area contributed by atoms with Gasteiger partial charge in [0.15, 0.2) is 11.6 Å². The van der Waals surface area contributed by atoms with Gasteiger partial charge in [0.2, 0.25) is 0 Å². The molecule has 3 aromatic rings. The summed E-state index contributed by atoms with van der Waals surface area (Å²) in [6.45, 7) is 4.35. The molecule has 0 saturated carbocycles. The van der Waals surface area contributed by atoms with E-state index >= 15 is 13.2 Å². The predicted molar refractivity (Wildman–Crippen MR) is 151 cm³/mol. The summed E-state index contributed by atoms with van der Waals surface area (Å²) in [5.41, 5.74) is 3.78. The largest absolute Gasteiger partial charge is 0.427 e. The monoisotopic (exact) mass is 522 g/mol. The molecule has 0 fully saturated rings. The summed E-state index contributed by atoms with van der Waals surface area (Å²) >= 11 is 0. The predicted octanol–water partition coefficient (Wildman–Crippen LogP) is 11.0. The molecule has 0 spiro atoms. The average Bonchev–Trinajstić information content (AvgIpc) is 2.92. The van der Waals surface area contributed by atoms with Crippen LogP contribution in [0.5, 0.6) is 5.75 Å². The molecule has 0 saturated heterocycles. The van der Waals surface area contributed by atoms with Gasteiger partial charge in [-0.3, -0.25) is 0 Å². The number of rotatable bonds is 14. The third kappa shape index (κ3) is 6.81. The standard InChI is InChI=1S/C34H41F3O/c1-3-5-7-9-10-11-12-14-25-16-18-26(19-17-25)28-21-22-29-30-23-20-27(15-13-8-6-4-2)32(35)33(30)38-34(36,37)31(29)24-28/h16-24H,3-15H2,1-2H3. The Hall–Kier alpha value is -2.75. The van der Waals surface area contributed by atoms with Gasteiger partial charge in [0, 0.05) is 5.56 Å². The summed E-state index contributed by atoms with van der Waals surface area (Å²) in [4.78, 5) is 0. The summed E-state index contributed by atoms with van der Waals surface area (Å²) in [7, 11) is 0. The first-order valence-electron chi connectivity index (χ1n) is 14.6. The summed E-state index contributed by atoms with van der Waals surface area (Å²) in [5.74, 6) is -0.997. The second-order valence-electron chi connectivity index (χ2n) is 10.7. The van der Waals surface area contributed by atoms with Crippen LogP contribution in [0.3, 0.4) is 0 Å². The molecular formula is C34H41F3O. The van der Waals surface area contributed by atoms with Gasteiger partial charge in [-0.05, 0) is 59.6 Å². The van der Waals surface area contributed by atoms with Gasteiger partial charge in [-0.1, -0.05) is 120 Å². The summed E-state index contributed by atoms with van der Waals surface area (Å²) in [6.07, 6.45) is 10.9. The summed E-state index contributed by atoms with van der Waals surface area (Å²) < 4.78 is 50.6. The van der Waals surface area contributed by atoms with Crippen molar-refractivity contribution in [1.29, 1.82) is 0 Å². The first kappa shape index (κ1) is 28.3. The molecule has 204 valence electrons. The van der Waals surface area contributed by atoms with Crippen molar-refractivity contribution in [2.45, 2.75) is 103 Å². The molecule has 3 aromatic carbocycles. The van der Waals surface area contributed by atoms with Gasteiger partial charge >= 0.3 is 6.11 Å². The molecular weight excluding hydrogens is 481 g/mol. The molecule has 1 heterocycles. The molecule has 38 heavy (non-hydrogen) atoms. The van der Waals surface area contributed by atoms with E-state index in [9.17, 15) is 0 Å². The molecule has 4 heteroatoms. The first-order chi connectivity index (χ1) is 18.4. The Labute approximate surface area is 226 Å². The number of benzene rings is 3. The van der Waals surface area contributed by atoms with E-state index < -0.39 is 11.9 Å². The molecule has 0 atom stereocenters. The van der Waals surface area contributed by atoms with Crippen molar-refractivity contribution in [2.75, 3.05) is 0 Å². The smallest absolute Gasteiger partial charge is 0.425 e. The number of ether oxygens (including phenoxy) is 1.